The molecule has 0 saturated carbocycles. The third-order valence-electron chi connectivity index (χ3n) is 0. The third-order valence-corrected chi connectivity index (χ3v) is 0. The van der Waals surface area contributed by atoms with Gasteiger partial charge in [-0.15, -0.1) is 12.4 Å². The summed E-state index contributed by atoms with van der Waals surface area (Å²) >= 11 is 0. The van der Waals surface area contributed by atoms with E-state index in [2.05, 4.69) is 0 Å². The molecule has 0 aromatic carbocycles. The molecule has 0 fully saturated rings. The number of hydrogen-bond donors (Lipinski definition) is 0. The van der Waals surface area contributed by atoms with E-state index in [1.807, 2.05) is 0 Å². The Bertz CT molecular complexity index is 120. The first-order chi connectivity index (χ1) is 5.20. The summed E-state index contributed by atoms with van der Waals surface area (Å²) in [7, 11) is 0. The minimum atomic E-state index is -1.08. The SMILES string of the molecule is CC(=O)[O-].CC(=O)[O-].CC(=O)[O-].Cl.[Al+3]. The topological polar surface area (TPSA) is 120 Å². The molecule has 14 heavy (non-hydrogen) atoms. The standard InChI is InChI=1S/3C2H4O2.Al.ClH/c3*1-2(3)4;;/h3*1H3,(H,3,4);;1H/q;;;+3;/p-3. The second-order valence-corrected chi connectivity index (χ2v) is 1.47. The minimum Gasteiger partial charge on any atom is -0.550 e. The van der Waals surface area contributed by atoms with Gasteiger partial charge in [0.15, 0.2) is 0 Å². The molecule has 0 N–H and O–H groups in total. The van der Waals surface area contributed by atoms with Gasteiger partial charge >= 0.3 is 17.4 Å². The van der Waals surface area contributed by atoms with Crippen molar-refractivity contribution in [2.75, 3.05) is 0 Å². The fraction of sp³-hybridized carbons (Fsp3) is 0.500. The Balaban J connectivity index is -0.0000000270. The summed E-state index contributed by atoms with van der Waals surface area (Å²) in [6.07, 6.45) is 0. The molecule has 0 aliphatic heterocycles. The number of aliphatic carboxylic acids is 3. The van der Waals surface area contributed by atoms with E-state index in [0.717, 1.165) is 20.8 Å². The average molecular weight is 241 g/mol. The van der Waals surface area contributed by atoms with Crippen molar-refractivity contribution < 1.29 is 29.7 Å². The van der Waals surface area contributed by atoms with Gasteiger partial charge in [0.05, 0.1) is 0 Å². The average Bonchev–Trinajstić information content (AvgIpc) is 1.54. The zero-order chi connectivity index (χ0) is 10.7. The zero-order valence-electron chi connectivity index (χ0n) is 7.94. The molecule has 0 spiro atoms. The van der Waals surface area contributed by atoms with Crippen LogP contribution in [0.25, 0.3) is 0 Å². The van der Waals surface area contributed by atoms with E-state index in [1.54, 1.807) is 0 Å². The van der Waals surface area contributed by atoms with Crippen molar-refractivity contribution in [2.24, 2.45) is 0 Å². The van der Waals surface area contributed by atoms with Crippen LogP contribution in [0.15, 0.2) is 0 Å². The molecule has 80 valence electrons. The van der Waals surface area contributed by atoms with Crippen molar-refractivity contribution in [3.63, 3.8) is 0 Å². The van der Waals surface area contributed by atoms with E-state index >= 15 is 0 Å². The van der Waals surface area contributed by atoms with Crippen molar-refractivity contribution in [3.05, 3.63) is 0 Å². The first kappa shape index (κ1) is 29.2. The monoisotopic (exact) mass is 240 g/mol. The van der Waals surface area contributed by atoms with Gasteiger partial charge in [-0.3, -0.25) is 0 Å². The number of hydrogen-bond acceptors (Lipinski definition) is 6. The first-order valence-electron chi connectivity index (χ1n) is 2.72. The van der Waals surface area contributed by atoms with E-state index in [0.29, 0.717) is 0 Å². The molecule has 0 amide bonds. The van der Waals surface area contributed by atoms with Crippen LogP contribution >= 0.6 is 12.4 Å². The summed E-state index contributed by atoms with van der Waals surface area (Å²) in [5, 5.41) is 26.7. The van der Waals surface area contributed by atoms with Gasteiger partial charge in [0, 0.05) is 17.9 Å². The molecule has 8 heteroatoms. The number of rotatable bonds is 0. The maximum atomic E-state index is 8.89. The molecule has 0 aromatic rings. The number of carboxylic acid groups (broad SMARTS) is 3. The van der Waals surface area contributed by atoms with Gasteiger partial charge in [-0.1, -0.05) is 0 Å². The fourth-order valence-corrected chi connectivity index (χ4v) is 0. The van der Waals surface area contributed by atoms with Gasteiger partial charge in [0.25, 0.3) is 0 Å². The molecule has 0 atom stereocenters. The van der Waals surface area contributed by atoms with Gasteiger partial charge in [-0.05, 0) is 20.8 Å². The molecule has 0 saturated heterocycles. The molecule has 0 aliphatic rings. The number of carboxylic acids is 3. The van der Waals surface area contributed by atoms with Crippen LogP contribution in [0.3, 0.4) is 0 Å². The third kappa shape index (κ3) is 2000. The summed E-state index contributed by atoms with van der Waals surface area (Å²) < 4.78 is 0. The van der Waals surface area contributed by atoms with Crippen LogP contribution in [0, 0.1) is 0 Å². The quantitative estimate of drug-likeness (QED) is 0.402. The van der Waals surface area contributed by atoms with Crippen molar-refractivity contribution in [3.8, 4) is 0 Å². The second-order valence-electron chi connectivity index (χ2n) is 1.47. The predicted octanol–water partition coefficient (Wildman–Crippen LogP) is -3.69. The van der Waals surface area contributed by atoms with Crippen molar-refractivity contribution in [1.82, 2.24) is 0 Å². The Labute approximate surface area is 98.5 Å². The summed E-state index contributed by atoms with van der Waals surface area (Å²) in [6.45, 7) is 2.92. The molecular formula is C6H10AlClO6. The van der Waals surface area contributed by atoms with Crippen LogP contribution in [0.4, 0.5) is 0 Å². The number of halogens is 1. The van der Waals surface area contributed by atoms with Crippen LogP contribution in [0.1, 0.15) is 20.8 Å². The summed E-state index contributed by atoms with van der Waals surface area (Å²) in [4.78, 5) is 26.7. The Morgan fingerprint density at radius 2 is 0.714 bits per heavy atom. The zero-order valence-corrected chi connectivity index (χ0v) is 9.91. The van der Waals surface area contributed by atoms with Crippen molar-refractivity contribution in [1.29, 1.82) is 0 Å². The molecule has 0 heterocycles. The van der Waals surface area contributed by atoms with Gasteiger partial charge in [-0.2, -0.15) is 0 Å². The molecular weight excluding hydrogens is 230 g/mol. The fourth-order valence-electron chi connectivity index (χ4n) is 0. The molecule has 0 aliphatic carbocycles. The number of carbonyl (C=O) groups excluding carboxylic acids is 3. The minimum absolute atomic E-state index is 0. The van der Waals surface area contributed by atoms with Crippen LogP contribution in [-0.4, -0.2) is 35.3 Å². The summed E-state index contributed by atoms with van der Waals surface area (Å²) in [6, 6.07) is 0. The van der Waals surface area contributed by atoms with Crippen molar-refractivity contribution >= 4 is 47.7 Å². The summed E-state index contributed by atoms with van der Waals surface area (Å²) in [5.74, 6) is -3.25. The Hall–Kier alpha value is -0.768. The molecule has 0 rings (SSSR count). The van der Waals surface area contributed by atoms with Crippen LogP contribution < -0.4 is 15.3 Å². The summed E-state index contributed by atoms with van der Waals surface area (Å²) in [5.41, 5.74) is 0. The van der Waals surface area contributed by atoms with E-state index < -0.39 is 17.9 Å². The van der Waals surface area contributed by atoms with Gasteiger partial charge < -0.3 is 29.7 Å². The number of carbonyl (C=O) groups is 3. The largest absolute Gasteiger partial charge is 3.00 e. The predicted molar refractivity (Wildman–Crippen MR) is 45.0 cm³/mol. The normalized spacial score (nSPS) is 5.36. The van der Waals surface area contributed by atoms with E-state index in [1.165, 1.54) is 0 Å². The van der Waals surface area contributed by atoms with Gasteiger partial charge in [0.2, 0.25) is 0 Å². The molecule has 6 nitrogen and oxygen atoms in total. The molecule has 0 bridgehead atoms. The van der Waals surface area contributed by atoms with E-state index in [-0.39, 0.29) is 29.8 Å². The maximum absolute atomic E-state index is 8.89. The smallest absolute Gasteiger partial charge is 0.550 e. The maximum Gasteiger partial charge on any atom is 3.00 e. The van der Waals surface area contributed by atoms with Crippen molar-refractivity contribution in [2.45, 2.75) is 20.8 Å². The molecule has 0 unspecified atom stereocenters. The Morgan fingerprint density at radius 1 is 0.714 bits per heavy atom. The van der Waals surface area contributed by atoms with Crippen LogP contribution in [0.5, 0.6) is 0 Å². The van der Waals surface area contributed by atoms with Crippen LogP contribution in [-0.2, 0) is 14.4 Å². The second kappa shape index (κ2) is 22.8. The van der Waals surface area contributed by atoms with Gasteiger partial charge in [-0.25, -0.2) is 0 Å². The van der Waals surface area contributed by atoms with E-state index in [4.69, 9.17) is 29.7 Å². The molecule has 0 radical (unpaired) electrons. The first-order valence-corrected chi connectivity index (χ1v) is 2.72. The van der Waals surface area contributed by atoms with Gasteiger partial charge in [0.1, 0.15) is 0 Å². The van der Waals surface area contributed by atoms with E-state index in [9.17, 15) is 0 Å². The Kier molecular flexibility index (Phi) is 47.5. The molecule has 0 aromatic heterocycles. The van der Waals surface area contributed by atoms with Crippen LogP contribution in [0.2, 0.25) is 0 Å². The Morgan fingerprint density at radius 3 is 0.714 bits per heavy atom.